The maximum atomic E-state index is 12.3. The van der Waals surface area contributed by atoms with Gasteiger partial charge in [0.1, 0.15) is 0 Å². The van der Waals surface area contributed by atoms with E-state index in [-0.39, 0.29) is 17.8 Å². The Bertz CT molecular complexity index is 743. The number of carbonyl (C=O) groups is 1. The first-order chi connectivity index (χ1) is 16.5. The zero-order valence-electron chi connectivity index (χ0n) is 21.3. The SMILES string of the molecule is CCCCCC/C=C\CCC[C@@H]1C=C[C@H](Cc2ccccc2)[C@@H]([C@H](C(=O)O)[C@H](C)O)[C@H]1CCN. The molecule has 34 heavy (non-hydrogen) atoms. The van der Waals surface area contributed by atoms with Crippen molar-refractivity contribution in [2.45, 2.75) is 84.2 Å². The van der Waals surface area contributed by atoms with Gasteiger partial charge in [-0.15, -0.1) is 0 Å². The Morgan fingerprint density at radius 1 is 1.00 bits per heavy atom. The van der Waals surface area contributed by atoms with E-state index in [0.717, 1.165) is 38.5 Å². The first kappa shape index (κ1) is 28.3. The van der Waals surface area contributed by atoms with Gasteiger partial charge in [0.15, 0.2) is 0 Å². The number of carboxylic acid groups (broad SMARTS) is 1. The van der Waals surface area contributed by atoms with Gasteiger partial charge in [-0.05, 0) is 87.6 Å². The predicted octanol–water partition coefficient (Wildman–Crippen LogP) is 6.39. The molecule has 1 aliphatic carbocycles. The molecule has 6 atom stereocenters. The summed E-state index contributed by atoms with van der Waals surface area (Å²) in [6.07, 6.45) is 19.4. The van der Waals surface area contributed by atoms with Crippen molar-refractivity contribution in [2.24, 2.45) is 35.3 Å². The highest BCUT2D eigenvalue weighted by Gasteiger charge is 2.44. The van der Waals surface area contributed by atoms with Gasteiger partial charge in [-0.2, -0.15) is 0 Å². The molecule has 190 valence electrons. The van der Waals surface area contributed by atoms with Gasteiger partial charge < -0.3 is 15.9 Å². The molecule has 0 fully saturated rings. The zero-order valence-corrected chi connectivity index (χ0v) is 21.3. The van der Waals surface area contributed by atoms with Crippen LogP contribution in [0.15, 0.2) is 54.6 Å². The Hall–Kier alpha value is -1.91. The van der Waals surface area contributed by atoms with Gasteiger partial charge in [-0.25, -0.2) is 0 Å². The smallest absolute Gasteiger partial charge is 0.309 e. The Kier molecular flexibility index (Phi) is 13.2. The van der Waals surface area contributed by atoms with Gasteiger partial charge >= 0.3 is 5.97 Å². The number of carboxylic acids is 1. The van der Waals surface area contributed by atoms with E-state index >= 15 is 0 Å². The molecule has 1 aromatic rings. The van der Waals surface area contributed by atoms with Crippen molar-refractivity contribution in [1.82, 2.24) is 0 Å². The van der Waals surface area contributed by atoms with E-state index in [1.54, 1.807) is 6.92 Å². The molecule has 4 N–H and O–H groups in total. The molecule has 2 rings (SSSR count). The summed E-state index contributed by atoms with van der Waals surface area (Å²) < 4.78 is 0. The van der Waals surface area contributed by atoms with Gasteiger partial charge in [0.05, 0.1) is 12.0 Å². The molecule has 4 heteroatoms. The van der Waals surface area contributed by atoms with Crippen molar-refractivity contribution in [3.05, 3.63) is 60.2 Å². The van der Waals surface area contributed by atoms with Crippen LogP contribution < -0.4 is 5.73 Å². The molecule has 1 aromatic carbocycles. The maximum Gasteiger partial charge on any atom is 0.309 e. The average Bonchev–Trinajstić information content (AvgIpc) is 2.81. The summed E-state index contributed by atoms with van der Waals surface area (Å²) in [5.74, 6) is -1.28. The number of hydrogen-bond acceptors (Lipinski definition) is 3. The molecule has 0 bridgehead atoms. The predicted molar refractivity (Wildman–Crippen MR) is 141 cm³/mol. The summed E-state index contributed by atoms with van der Waals surface area (Å²) in [6, 6.07) is 10.2. The second-order valence-corrected chi connectivity index (χ2v) is 10.1. The number of unbranched alkanes of at least 4 members (excludes halogenated alkanes) is 5. The lowest BCUT2D eigenvalue weighted by atomic mass is 9.61. The van der Waals surface area contributed by atoms with Gasteiger partial charge in [0.2, 0.25) is 0 Å². The fourth-order valence-corrected chi connectivity index (χ4v) is 5.78. The molecule has 1 aliphatic rings. The van der Waals surface area contributed by atoms with Crippen molar-refractivity contribution < 1.29 is 15.0 Å². The average molecular weight is 470 g/mol. The Balaban J connectivity index is 2.11. The van der Waals surface area contributed by atoms with E-state index in [9.17, 15) is 15.0 Å². The third kappa shape index (κ3) is 9.03. The summed E-state index contributed by atoms with van der Waals surface area (Å²) >= 11 is 0. The van der Waals surface area contributed by atoms with Crippen molar-refractivity contribution in [1.29, 1.82) is 0 Å². The molecular weight excluding hydrogens is 422 g/mol. The highest BCUT2D eigenvalue weighted by molar-refractivity contribution is 5.71. The van der Waals surface area contributed by atoms with Crippen LogP contribution in [0.2, 0.25) is 0 Å². The highest BCUT2D eigenvalue weighted by Crippen LogP contribution is 2.45. The van der Waals surface area contributed by atoms with E-state index in [1.807, 2.05) is 18.2 Å². The molecule has 0 amide bonds. The molecule has 0 saturated carbocycles. The number of rotatable bonds is 16. The van der Waals surface area contributed by atoms with Crippen LogP contribution >= 0.6 is 0 Å². The quantitative estimate of drug-likeness (QED) is 0.193. The van der Waals surface area contributed by atoms with Crippen molar-refractivity contribution in [2.75, 3.05) is 6.54 Å². The van der Waals surface area contributed by atoms with Crippen LogP contribution in [0, 0.1) is 29.6 Å². The largest absolute Gasteiger partial charge is 0.481 e. The van der Waals surface area contributed by atoms with E-state index < -0.39 is 18.0 Å². The summed E-state index contributed by atoms with van der Waals surface area (Å²) in [6.45, 7) is 4.39. The van der Waals surface area contributed by atoms with Crippen LogP contribution in [0.1, 0.15) is 77.2 Å². The third-order valence-electron chi connectivity index (χ3n) is 7.48. The third-order valence-corrected chi connectivity index (χ3v) is 7.48. The fourth-order valence-electron chi connectivity index (χ4n) is 5.78. The maximum absolute atomic E-state index is 12.3. The van der Waals surface area contributed by atoms with E-state index in [0.29, 0.717) is 12.5 Å². The van der Waals surface area contributed by atoms with Crippen LogP contribution in [0.25, 0.3) is 0 Å². The molecule has 0 heterocycles. The lowest BCUT2D eigenvalue weighted by Gasteiger charge is -2.44. The molecule has 0 spiro atoms. The van der Waals surface area contributed by atoms with Crippen molar-refractivity contribution in [3.63, 3.8) is 0 Å². The molecule has 0 unspecified atom stereocenters. The molecule has 4 nitrogen and oxygen atoms in total. The fraction of sp³-hybridized carbons (Fsp3) is 0.633. The van der Waals surface area contributed by atoms with Crippen LogP contribution in [0.3, 0.4) is 0 Å². The van der Waals surface area contributed by atoms with Gasteiger partial charge in [-0.1, -0.05) is 80.8 Å². The molecule has 0 aromatic heterocycles. The normalized spacial score (nSPS) is 24.4. The Morgan fingerprint density at radius 3 is 2.29 bits per heavy atom. The van der Waals surface area contributed by atoms with E-state index in [2.05, 4.69) is 43.4 Å². The van der Waals surface area contributed by atoms with Crippen LogP contribution in [0.4, 0.5) is 0 Å². The number of hydrogen-bond donors (Lipinski definition) is 3. The molecule has 0 aliphatic heterocycles. The lowest BCUT2D eigenvalue weighted by molar-refractivity contribution is -0.151. The van der Waals surface area contributed by atoms with Crippen LogP contribution in [-0.4, -0.2) is 28.8 Å². The Labute approximate surface area is 207 Å². The number of allylic oxidation sites excluding steroid dienone is 4. The van der Waals surface area contributed by atoms with E-state index in [4.69, 9.17) is 5.73 Å². The number of nitrogens with two attached hydrogens (primary N) is 1. The Morgan fingerprint density at radius 2 is 1.68 bits per heavy atom. The zero-order chi connectivity index (χ0) is 24.8. The number of aliphatic carboxylic acids is 1. The highest BCUT2D eigenvalue weighted by atomic mass is 16.4. The van der Waals surface area contributed by atoms with Gasteiger partial charge in [0.25, 0.3) is 0 Å². The van der Waals surface area contributed by atoms with Gasteiger partial charge in [-0.3, -0.25) is 4.79 Å². The first-order valence-electron chi connectivity index (χ1n) is 13.5. The van der Waals surface area contributed by atoms with Crippen molar-refractivity contribution in [3.8, 4) is 0 Å². The summed E-state index contributed by atoms with van der Waals surface area (Å²) in [7, 11) is 0. The monoisotopic (exact) mass is 469 g/mol. The molecule has 0 radical (unpaired) electrons. The standard InChI is InChI=1S/C30H47NO3/c1-3-4-5-6-7-8-9-10-14-17-25-18-19-26(22-24-15-12-11-13-16-24)29(27(25)20-21-31)28(23(2)32)30(33)34/h8-9,11-13,15-16,18-19,23,25-29,32H,3-7,10,14,17,20-22,31H2,1-2H3,(H,33,34)/b9-8-/t23-,25+,26+,27-,28+,29+/m0/s1. The second-order valence-electron chi connectivity index (χ2n) is 10.1. The van der Waals surface area contributed by atoms with E-state index in [1.165, 1.54) is 31.2 Å². The number of aliphatic hydroxyl groups excluding tert-OH is 1. The number of aliphatic hydroxyl groups is 1. The summed E-state index contributed by atoms with van der Waals surface area (Å²) in [4.78, 5) is 12.3. The minimum absolute atomic E-state index is 0.0777. The van der Waals surface area contributed by atoms with Crippen LogP contribution in [-0.2, 0) is 11.2 Å². The summed E-state index contributed by atoms with van der Waals surface area (Å²) in [5, 5.41) is 20.6. The van der Waals surface area contributed by atoms with Crippen molar-refractivity contribution >= 4 is 5.97 Å². The van der Waals surface area contributed by atoms with Crippen LogP contribution in [0.5, 0.6) is 0 Å². The molecular formula is C30H47NO3. The second kappa shape index (κ2) is 15.9. The van der Waals surface area contributed by atoms with Gasteiger partial charge in [0, 0.05) is 0 Å². The minimum atomic E-state index is -0.903. The topological polar surface area (TPSA) is 83.5 Å². The number of benzene rings is 1. The lowest BCUT2D eigenvalue weighted by Crippen LogP contribution is -2.45. The minimum Gasteiger partial charge on any atom is -0.481 e. The molecule has 0 saturated heterocycles. The summed E-state index contributed by atoms with van der Waals surface area (Å²) in [5.41, 5.74) is 7.23. The first-order valence-corrected chi connectivity index (χ1v) is 13.5.